The molecule has 0 heterocycles. The van der Waals surface area contributed by atoms with Crippen LogP contribution in [0.2, 0.25) is 0 Å². The maximum Gasteiger partial charge on any atom is 0.547 e. The minimum atomic E-state index is -1.80. The summed E-state index contributed by atoms with van der Waals surface area (Å²) in [5, 5.41) is 27.1. The molecule has 0 amide bonds. The van der Waals surface area contributed by atoms with E-state index < -0.39 is 12.3 Å². The zero-order valence-corrected chi connectivity index (χ0v) is 4.42. The van der Waals surface area contributed by atoms with Gasteiger partial charge in [-0.05, 0) is 0 Å². The second-order valence-corrected chi connectivity index (χ2v) is 0.698. The van der Waals surface area contributed by atoms with Crippen LogP contribution in [0, 0.1) is 0 Å². The van der Waals surface area contributed by atoms with Gasteiger partial charge in [-0.15, -0.1) is 0 Å². The highest BCUT2D eigenvalue weighted by atomic mass is 17.2. The molecule has 0 spiro atoms. The molecule has 0 aromatic carbocycles. The quantitative estimate of drug-likeness (QED) is 0.290. The second kappa shape index (κ2) is 7.46. The Morgan fingerprint density at radius 3 is 1.20 bits per heavy atom. The van der Waals surface area contributed by atoms with Crippen molar-refractivity contribution in [3.05, 3.63) is 0 Å². The van der Waals surface area contributed by atoms with E-state index in [0.717, 1.165) is 0 Å². The highest BCUT2D eigenvalue weighted by Gasteiger charge is 2.01. The van der Waals surface area contributed by atoms with E-state index in [2.05, 4.69) is 9.78 Å². The molecule has 4 N–H and O–H groups in total. The van der Waals surface area contributed by atoms with Crippen LogP contribution in [-0.2, 0) is 9.78 Å². The van der Waals surface area contributed by atoms with Crippen molar-refractivity contribution in [2.75, 3.05) is 0 Å². The number of carboxylic acid groups (broad SMARTS) is 2. The highest BCUT2D eigenvalue weighted by molar-refractivity contribution is 5.60. The van der Waals surface area contributed by atoms with Crippen LogP contribution < -0.4 is 0 Å². The smallest absolute Gasteiger partial charge is 0.447 e. The van der Waals surface area contributed by atoms with Crippen LogP contribution in [0.25, 0.3) is 0 Å². The Bertz CT molecular complexity index is 91.8. The zero-order chi connectivity index (χ0) is 8.57. The molecule has 0 atom stereocenters. The van der Waals surface area contributed by atoms with Crippen molar-refractivity contribution in [3.8, 4) is 0 Å². The Balaban J connectivity index is 0. The van der Waals surface area contributed by atoms with E-state index in [-0.39, 0.29) is 0 Å². The summed E-state index contributed by atoms with van der Waals surface area (Å²) < 4.78 is 0. The predicted molar refractivity (Wildman–Crippen MR) is 23.5 cm³/mol. The van der Waals surface area contributed by atoms with Gasteiger partial charge in [-0.2, -0.15) is 0 Å². The molecule has 0 aliphatic rings. The fourth-order valence-corrected chi connectivity index (χ4v) is 0.0713. The lowest BCUT2D eigenvalue weighted by Gasteiger charge is -1.89. The van der Waals surface area contributed by atoms with Gasteiger partial charge in [-0.25, -0.2) is 19.4 Å². The van der Waals surface area contributed by atoms with Gasteiger partial charge in [0.25, 0.3) is 0 Å². The Morgan fingerprint density at radius 1 is 0.900 bits per heavy atom. The molecule has 0 unspecified atom stereocenters. The summed E-state index contributed by atoms with van der Waals surface area (Å²) in [5.74, 6) is 0. The van der Waals surface area contributed by atoms with Gasteiger partial charge >= 0.3 is 12.3 Å². The maximum atomic E-state index is 9.29. The summed E-state index contributed by atoms with van der Waals surface area (Å²) in [6, 6.07) is 0. The van der Waals surface area contributed by atoms with Crippen molar-refractivity contribution < 1.29 is 40.1 Å². The summed E-state index contributed by atoms with van der Waals surface area (Å²) in [6.45, 7) is 0. The molecule has 0 aromatic heterocycles. The van der Waals surface area contributed by atoms with Gasteiger partial charge in [0.2, 0.25) is 0 Å². The van der Waals surface area contributed by atoms with Crippen molar-refractivity contribution in [3.63, 3.8) is 0 Å². The largest absolute Gasteiger partial charge is 0.547 e. The highest BCUT2D eigenvalue weighted by Crippen LogP contribution is 1.78. The third kappa shape index (κ3) is 16.1. The van der Waals surface area contributed by atoms with Gasteiger partial charge in [0, 0.05) is 0 Å². The van der Waals surface area contributed by atoms with Gasteiger partial charge in [0.1, 0.15) is 0 Å². The number of rotatable bonds is 0. The molecule has 0 aliphatic carbocycles. The average Bonchev–Trinajstić information content (AvgIpc) is 1.89. The molecule has 10 heavy (non-hydrogen) atoms. The molecular weight excluding hydrogens is 152 g/mol. The first-order valence-electron chi connectivity index (χ1n) is 1.63. The number of hydrogen-bond acceptors (Lipinski definition) is 6. The minimum Gasteiger partial charge on any atom is -0.447 e. The van der Waals surface area contributed by atoms with Gasteiger partial charge in [0.05, 0.1) is 0 Å². The molecule has 0 radical (unpaired) electrons. The third-order valence-corrected chi connectivity index (χ3v) is 0.184. The fraction of sp³-hybridized carbons (Fsp3) is 0. The molecule has 0 aliphatic heterocycles. The first-order valence-corrected chi connectivity index (χ1v) is 1.63. The SMILES string of the molecule is O=C(O)OOC(=O)O.OO. The monoisotopic (exact) mass is 156 g/mol. The van der Waals surface area contributed by atoms with Crippen molar-refractivity contribution in [1.82, 2.24) is 0 Å². The minimum absolute atomic E-state index is 1.80. The average molecular weight is 156 g/mol. The first-order chi connectivity index (χ1) is 4.63. The van der Waals surface area contributed by atoms with Gasteiger partial charge in [0.15, 0.2) is 0 Å². The Hall–Kier alpha value is -1.54. The van der Waals surface area contributed by atoms with Crippen LogP contribution in [0.5, 0.6) is 0 Å². The van der Waals surface area contributed by atoms with Crippen molar-refractivity contribution in [2.45, 2.75) is 0 Å². The molecule has 60 valence electrons. The van der Waals surface area contributed by atoms with Crippen LogP contribution in [-0.4, -0.2) is 33.0 Å². The van der Waals surface area contributed by atoms with Gasteiger partial charge < -0.3 is 10.2 Å². The standard InChI is InChI=1S/C2H2O6.H2O2/c3-1(4)7-8-2(5)6;1-2/h(H,3,4)(H,5,6);1-2H. The predicted octanol–water partition coefficient (Wildman–Crippen LogP) is 0.308. The molecule has 0 aromatic rings. The molecule has 8 heteroatoms. The Kier molecular flexibility index (Phi) is 8.42. The van der Waals surface area contributed by atoms with E-state index in [1.165, 1.54) is 0 Å². The summed E-state index contributed by atoms with van der Waals surface area (Å²) in [5.41, 5.74) is 0. The van der Waals surface area contributed by atoms with Crippen LogP contribution in [0.4, 0.5) is 9.59 Å². The molecule has 0 bridgehead atoms. The lowest BCUT2D eigenvalue weighted by atomic mass is 11.4. The fourth-order valence-electron chi connectivity index (χ4n) is 0.0713. The lowest BCUT2D eigenvalue weighted by Crippen LogP contribution is -2.05. The summed E-state index contributed by atoms with van der Waals surface area (Å²) in [7, 11) is 0. The maximum absolute atomic E-state index is 9.29. The molecular formula is C2H4O8. The molecule has 0 rings (SSSR count). The van der Waals surface area contributed by atoms with Crippen LogP contribution >= 0.6 is 0 Å². The van der Waals surface area contributed by atoms with Gasteiger partial charge in [-0.3, -0.25) is 10.5 Å². The number of carbonyl (C=O) groups is 2. The first kappa shape index (κ1) is 11.3. The van der Waals surface area contributed by atoms with Crippen molar-refractivity contribution in [2.24, 2.45) is 0 Å². The third-order valence-electron chi connectivity index (χ3n) is 0.184. The number of hydrogen-bond donors (Lipinski definition) is 4. The van der Waals surface area contributed by atoms with Crippen LogP contribution in [0.15, 0.2) is 0 Å². The normalized spacial score (nSPS) is 6.60. The molecule has 0 fully saturated rings. The van der Waals surface area contributed by atoms with E-state index in [1.54, 1.807) is 0 Å². The van der Waals surface area contributed by atoms with Crippen molar-refractivity contribution in [1.29, 1.82) is 0 Å². The zero-order valence-electron chi connectivity index (χ0n) is 4.42. The van der Waals surface area contributed by atoms with Crippen molar-refractivity contribution >= 4 is 12.3 Å². The Labute approximate surface area is 53.7 Å². The second-order valence-electron chi connectivity index (χ2n) is 0.698. The summed E-state index contributed by atoms with van der Waals surface area (Å²) >= 11 is 0. The molecule has 0 saturated heterocycles. The van der Waals surface area contributed by atoms with E-state index in [0.29, 0.717) is 0 Å². The van der Waals surface area contributed by atoms with Crippen LogP contribution in [0.3, 0.4) is 0 Å². The summed E-state index contributed by atoms with van der Waals surface area (Å²) in [6.07, 6.45) is -3.60. The lowest BCUT2D eigenvalue weighted by molar-refractivity contribution is -0.208. The Morgan fingerprint density at radius 2 is 1.10 bits per heavy atom. The van der Waals surface area contributed by atoms with Gasteiger partial charge in [-0.1, -0.05) is 0 Å². The van der Waals surface area contributed by atoms with E-state index in [4.69, 9.17) is 20.7 Å². The molecule has 8 nitrogen and oxygen atoms in total. The van der Waals surface area contributed by atoms with E-state index in [9.17, 15) is 9.59 Å². The summed E-state index contributed by atoms with van der Waals surface area (Å²) in [4.78, 5) is 24.8. The topological polar surface area (TPSA) is 134 Å². The van der Waals surface area contributed by atoms with E-state index in [1.807, 2.05) is 0 Å². The molecule has 0 saturated carbocycles. The van der Waals surface area contributed by atoms with Crippen LogP contribution in [0.1, 0.15) is 0 Å². The van der Waals surface area contributed by atoms with E-state index >= 15 is 0 Å².